The molecule has 0 heterocycles. The number of methoxy groups -OCH3 is 1. The van der Waals surface area contributed by atoms with Crippen LogP contribution in [0.5, 0.6) is 17.2 Å². The van der Waals surface area contributed by atoms with Gasteiger partial charge >= 0.3 is 11.9 Å². The van der Waals surface area contributed by atoms with E-state index >= 15 is 0 Å². The molecule has 0 radical (unpaired) electrons. The molecule has 0 saturated carbocycles. The van der Waals surface area contributed by atoms with Crippen LogP contribution in [0.2, 0.25) is 0 Å². The van der Waals surface area contributed by atoms with Crippen LogP contribution in [0.25, 0.3) is 12.2 Å². The average molecular weight is 457 g/mol. The molecule has 0 spiro atoms. The maximum atomic E-state index is 12.4. The molecule has 0 aliphatic rings. The zero-order valence-corrected chi connectivity index (χ0v) is 20.0. The van der Waals surface area contributed by atoms with Crippen LogP contribution < -0.4 is 14.2 Å². The molecule has 0 amide bonds. The molecule has 0 aromatic heterocycles. The predicted octanol–water partition coefficient (Wildman–Crippen LogP) is 6.17. The van der Waals surface area contributed by atoms with E-state index in [0.29, 0.717) is 17.1 Å². The Morgan fingerprint density at radius 1 is 0.706 bits per heavy atom. The van der Waals surface area contributed by atoms with E-state index in [1.165, 1.54) is 12.2 Å². The second kappa shape index (κ2) is 11.1. The van der Waals surface area contributed by atoms with Gasteiger partial charge in [0.15, 0.2) is 0 Å². The zero-order valence-electron chi connectivity index (χ0n) is 20.0. The number of benzene rings is 3. The fourth-order valence-corrected chi connectivity index (χ4v) is 3.28. The summed E-state index contributed by atoms with van der Waals surface area (Å²) >= 11 is 0. The van der Waals surface area contributed by atoms with Gasteiger partial charge in [0.05, 0.1) is 7.11 Å². The van der Waals surface area contributed by atoms with E-state index in [1.807, 2.05) is 76.2 Å². The van der Waals surface area contributed by atoms with E-state index in [0.717, 1.165) is 33.6 Å². The first kappa shape index (κ1) is 24.5. The Hall–Kier alpha value is -4.12. The van der Waals surface area contributed by atoms with Crippen molar-refractivity contribution in [2.75, 3.05) is 7.11 Å². The van der Waals surface area contributed by atoms with Crippen molar-refractivity contribution in [3.8, 4) is 17.2 Å². The lowest BCUT2D eigenvalue weighted by Gasteiger charge is -2.15. The third-order valence-corrected chi connectivity index (χ3v) is 5.41. The van der Waals surface area contributed by atoms with Gasteiger partial charge in [-0.25, -0.2) is 9.59 Å². The lowest BCUT2D eigenvalue weighted by molar-refractivity contribution is -0.130. The highest BCUT2D eigenvalue weighted by molar-refractivity contribution is 5.90. The third-order valence-electron chi connectivity index (χ3n) is 5.41. The molecule has 3 aromatic carbocycles. The van der Waals surface area contributed by atoms with Crippen LogP contribution >= 0.6 is 0 Å². The summed E-state index contributed by atoms with van der Waals surface area (Å²) in [6.45, 7) is 7.47. The Kier molecular flexibility index (Phi) is 8.04. The number of hydrogen-bond donors (Lipinski definition) is 0. The van der Waals surface area contributed by atoms with E-state index in [1.54, 1.807) is 25.3 Å². The quantitative estimate of drug-likeness (QED) is 0.242. The summed E-state index contributed by atoms with van der Waals surface area (Å²) in [5, 5.41) is 0. The molecular weight excluding hydrogens is 428 g/mol. The molecule has 0 atom stereocenters. The first-order valence-electron chi connectivity index (χ1n) is 10.9. The van der Waals surface area contributed by atoms with Gasteiger partial charge in [0.1, 0.15) is 17.2 Å². The molecule has 0 fully saturated rings. The van der Waals surface area contributed by atoms with Gasteiger partial charge in [-0.1, -0.05) is 42.0 Å². The van der Waals surface area contributed by atoms with Gasteiger partial charge in [0, 0.05) is 12.2 Å². The van der Waals surface area contributed by atoms with Crippen LogP contribution in [0, 0.1) is 27.7 Å². The summed E-state index contributed by atoms with van der Waals surface area (Å²) in [6.07, 6.45) is 6.16. The number of carbonyl (C=O) groups excluding carboxylic acids is 2. The topological polar surface area (TPSA) is 61.8 Å². The summed E-state index contributed by atoms with van der Waals surface area (Å²) in [5.41, 5.74) is 5.07. The predicted molar refractivity (Wildman–Crippen MR) is 134 cm³/mol. The lowest BCUT2D eigenvalue weighted by Crippen LogP contribution is -2.10. The number of aryl methyl sites for hydroxylation is 2. The summed E-state index contributed by atoms with van der Waals surface area (Å²) in [6, 6.07) is 16.9. The Balaban J connectivity index is 1.68. The molecule has 3 aromatic rings. The van der Waals surface area contributed by atoms with Crippen molar-refractivity contribution >= 4 is 24.1 Å². The first-order valence-corrected chi connectivity index (χ1v) is 10.9. The maximum absolute atomic E-state index is 12.4. The van der Waals surface area contributed by atoms with Crippen molar-refractivity contribution in [2.45, 2.75) is 27.7 Å². The second-order valence-electron chi connectivity index (χ2n) is 7.96. The molecule has 0 aliphatic heterocycles. The fraction of sp³-hybridized carbons (Fsp3) is 0.172. The van der Waals surface area contributed by atoms with Crippen LogP contribution in [-0.4, -0.2) is 19.0 Å². The molecule has 0 N–H and O–H groups in total. The van der Waals surface area contributed by atoms with Crippen molar-refractivity contribution in [1.29, 1.82) is 0 Å². The summed E-state index contributed by atoms with van der Waals surface area (Å²) in [4.78, 5) is 24.7. The fourth-order valence-electron chi connectivity index (χ4n) is 3.28. The molecule has 3 rings (SSSR count). The highest BCUT2D eigenvalue weighted by atomic mass is 16.5. The van der Waals surface area contributed by atoms with Crippen molar-refractivity contribution in [2.24, 2.45) is 0 Å². The normalized spacial score (nSPS) is 11.1. The van der Waals surface area contributed by atoms with Crippen molar-refractivity contribution < 1.29 is 23.8 Å². The van der Waals surface area contributed by atoms with Gasteiger partial charge in [0.2, 0.25) is 0 Å². The molecule has 0 unspecified atom stereocenters. The third kappa shape index (κ3) is 6.45. The second-order valence-corrected chi connectivity index (χ2v) is 7.96. The SMILES string of the molecule is COc1ccc(/C=C/C(=O)Oc2c(C)cc(OC(=O)/C=C/c3ccc(C)cc3)c(C)c2C)cc1. The molecule has 0 aliphatic carbocycles. The van der Waals surface area contributed by atoms with Crippen LogP contribution in [0.3, 0.4) is 0 Å². The van der Waals surface area contributed by atoms with E-state index in [9.17, 15) is 9.59 Å². The molecule has 0 saturated heterocycles. The Labute approximate surface area is 200 Å². The minimum absolute atomic E-state index is 0.433. The highest BCUT2D eigenvalue weighted by Crippen LogP contribution is 2.33. The van der Waals surface area contributed by atoms with E-state index in [4.69, 9.17) is 14.2 Å². The molecule has 5 heteroatoms. The van der Waals surface area contributed by atoms with Gasteiger partial charge in [-0.05, 0) is 85.9 Å². The Morgan fingerprint density at radius 3 is 1.79 bits per heavy atom. The van der Waals surface area contributed by atoms with Crippen LogP contribution in [0.15, 0.2) is 66.7 Å². The van der Waals surface area contributed by atoms with Crippen molar-refractivity contribution in [3.63, 3.8) is 0 Å². The van der Waals surface area contributed by atoms with Gasteiger partial charge < -0.3 is 14.2 Å². The average Bonchev–Trinajstić information content (AvgIpc) is 2.83. The van der Waals surface area contributed by atoms with Crippen LogP contribution in [-0.2, 0) is 9.59 Å². The summed E-state index contributed by atoms with van der Waals surface area (Å²) in [5.74, 6) is 0.661. The summed E-state index contributed by atoms with van der Waals surface area (Å²) < 4.78 is 16.3. The molecular formula is C29H28O5. The van der Waals surface area contributed by atoms with Gasteiger partial charge in [-0.3, -0.25) is 0 Å². The Morgan fingerprint density at radius 2 is 1.24 bits per heavy atom. The van der Waals surface area contributed by atoms with Crippen molar-refractivity contribution in [1.82, 2.24) is 0 Å². The van der Waals surface area contributed by atoms with E-state index in [2.05, 4.69) is 0 Å². The molecule has 5 nitrogen and oxygen atoms in total. The van der Waals surface area contributed by atoms with E-state index < -0.39 is 11.9 Å². The maximum Gasteiger partial charge on any atom is 0.336 e. The minimum Gasteiger partial charge on any atom is -0.497 e. The first-order chi connectivity index (χ1) is 16.3. The number of rotatable bonds is 7. The van der Waals surface area contributed by atoms with Gasteiger partial charge in [-0.15, -0.1) is 0 Å². The van der Waals surface area contributed by atoms with E-state index in [-0.39, 0.29) is 0 Å². The number of hydrogen-bond acceptors (Lipinski definition) is 5. The molecule has 0 bridgehead atoms. The van der Waals surface area contributed by atoms with Gasteiger partial charge in [-0.2, -0.15) is 0 Å². The minimum atomic E-state index is -0.493. The number of ether oxygens (including phenoxy) is 3. The largest absolute Gasteiger partial charge is 0.497 e. The molecule has 34 heavy (non-hydrogen) atoms. The van der Waals surface area contributed by atoms with Gasteiger partial charge in [0.25, 0.3) is 0 Å². The number of esters is 2. The van der Waals surface area contributed by atoms with Crippen LogP contribution in [0.1, 0.15) is 33.4 Å². The number of carbonyl (C=O) groups is 2. The standard InChI is InChI=1S/C29H28O5/c1-19-6-8-23(9-7-19)12-16-27(30)33-26-18-20(2)29(22(4)21(26)3)34-28(31)17-13-24-10-14-25(32-5)15-11-24/h6-18H,1-5H3/b16-12+,17-13+. The zero-order chi connectivity index (χ0) is 24.7. The lowest BCUT2D eigenvalue weighted by atomic mass is 10.0. The Bertz CT molecular complexity index is 1230. The smallest absolute Gasteiger partial charge is 0.336 e. The summed E-state index contributed by atoms with van der Waals surface area (Å²) in [7, 11) is 1.60. The van der Waals surface area contributed by atoms with Crippen LogP contribution in [0.4, 0.5) is 0 Å². The monoisotopic (exact) mass is 456 g/mol. The highest BCUT2D eigenvalue weighted by Gasteiger charge is 2.16. The molecule has 174 valence electrons. The van der Waals surface area contributed by atoms with Crippen molar-refractivity contribution in [3.05, 3.63) is 100 Å².